The van der Waals surface area contributed by atoms with Crippen LogP contribution in [0.25, 0.3) is 0 Å². The molecule has 1 fully saturated rings. The average Bonchev–Trinajstić information content (AvgIpc) is 3.22. The molecule has 1 saturated carbocycles. The van der Waals surface area contributed by atoms with E-state index < -0.39 is 11.7 Å². The highest BCUT2D eigenvalue weighted by atomic mass is 35.5. The fourth-order valence-electron chi connectivity index (χ4n) is 3.71. The van der Waals surface area contributed by atoms with Gasteiger partial charge in [-0.3, -0.25) is 9.48 Å². The van der Waals surface area contributed by atoms with E-state index in [1.807, 2.05) is 10.9 Å². The minimum Gasteiger partial charge on any atom is -0.365 e. The second-order valence-electron chi connectivity index (χ2n) is 7.50. The van der Waals surface area contributed by atoms with E-state index in [4.69, 9.17) is 17.3 Å². The second-order valence-corrected chi connectivity index (χ2v) is 7.91. The molecule has 8 nitrogen and oxygen atoms in total. The van der Waals surface area contributed by atoms with Gasteiger partial charge in [0.15, 0.2) is 0 Å². The van der Waals surface area contributed by atoms with Crippen LogP contribution in [0.2, 0.25) is 5.02 Å². The van der Waals surface area contributed by atoms with Crippen LogP contribution in [-0.2, 0) is 6.54 Å². The molecule has 1 aliphatic rings. The molecular formula is C21H23ClFN7O. The minimum absolute atomic E-state index is 0.0296. The number of anilines is 3. The van der Waals surface area contributed by atoms with Crippen molar-refractivity contribution in [3.63, 3.8) is 0 Å². The Bertz CT molecular complexity index is 1060. The Morgan fingerprint density at radius 3 is 2.81 bits per heavy atom. The van der Waals surface area contributed by atoms with Gasteiger partial charge in [0.25, 0.3) is 5.91 Å². The van der Waals surface area contributed by atoms with Crippen LogP contribution in [0.3, 0.4) is 0 Å². The third kappa shape index (κ3) is 4.93. The summed E-state index contributed by atoms with van der Waals surface area (Å²) in [6.07, 6.45) is 10.9. The summed E-state index contributed by atoms with van der Waals surface area (Å²) in [5, 5.41) is 10.8. The standard InChI is InChI=1S/C21H23ClFN7O/c22-17-7-4-8-18(23)15(17)10-25-20-16(19(24)31)11-26-21(29-20)28-13-9-27-30(12-13)14-5-2-1-3-6-14/h4,7-9,11-12,14H,1-3,5-6,10H2,(H2,24,31)(H2,25,26,28,29). The minimum atomic E-state index is -0.696. The molecule has 0 unspecified atom stereocenters. The second kappa shape index (κ2) is 9.30. The van der Waals surface area contributed by atoms with Gasteiger partial charge in [-0.25, -0.2) is 9.37 Å². The van der Waals surface area contributed by atoms with Crippen molar-refractivity contribution in [2.75, 3.05) is 10.6 Å². The van der Waals surface area contributed by atoms with Crippen LogP contribution in [0.5, 0.6) is 0 Å². The zero-order valence-electron chi connectivity index (χ0n) is 16.8. The summed E-state index contributed by atoms with van der Waals surface area (Å²) in [7, 11) is 0. The van der Waals surface area contributed by atoms with E-state index in [1.54, 1.807) is 12.3 Å². The molecule has 0 spiro atoms. The van der Waals surface area contributed by atoms with E-state index in [9.17, 15) is 9.18 Å². The van der Waals surface area contributed by atoms with Crippen molar-refractivity contribution in [1.82, 2.24) is 19.7 Å². The molecule has 0 bridgehead atoms. The summed E-state index contributed by atoms with van der Waals surface area (Å²) in [5.74, 6) is -0.707. The number of aromatic nitrogens is 4. The molecule has 0 radical (unpaired) electrons. The summed E-state index contributed by atoms with van der Waals surface area (Å²) in [4.78, 5) is 20.3. The van der Waals surface area contributed by atoms with Gasteiger partial charge in [-0.1, -0.05) is 36.9 Å². The number of rotatable bonds is 7. The lowest BCUT2D eigenvalue weighted by Gasteiger charge is -2.21. The zero-order valence-corrected chi connectivity index (χ0v) is 17.6. The Kier molecular flexibility index (Phi) is 6.31. The van der Waals surface area contributed by atoms with Crippen LogP contribution in [0, 0.1) is 5.82 Å². The van der Waals surface area contributed by atoms with Gasteiger partial charge >= 0.3 is 0 Å². The van der Waals surface area contributed by atoms with Gasteiger partial charge in [-0.2, -0.15) is 10.1 Å². The molecule has 1 aromatic carbocycles. The Morgan fingerprint density at radius 1 is 1.26 bits per heavy atom. The van der Waals surface area contributed by atoms with Crippen LogP contribution < -0.4 is 16.4 Å². The van der Waals surface area contributed by atoms with E-state index >= 15 is 0 Å². The van der Waals surface area contributed by atoms with Crippen LogP contribution in [-0.4, -0.2) is 25.7 Å². The molecular weight excluding hydrogens is 421 g/mol. The molecule has 3 aromatic rings. The van der Waals surface area contributed by atoms with E-state index in [-0.39, 0.29) is 34.5 Å². The van der Waals surface area contributed by atoms with Crippen molar-refractivity contribution in [3.05, 3.63) is 58.8 Å². The molecule has 1 amide bonds. The number of amides is 1. The number of primary amides is 1. The first-order valence-electron chi connectivity index (χ1n) is 10.2. The van der Waals surface area contributed by atoms with Crippen molar-refractivity contribution in [2.45, 2.75) is 44.7 Å². The number of benzene rings is 1. The number of halogens is 2. The monoisotopic (exact) mass is 443 g/mol. The third-order valence-corrected chi connectivity index (χ3v) is 5.71. The van der Waals surface area contributed by atoms with Gasteiger partial charge < -0.3 is 16.4 Å². The first-order chi connectivity index (χ1) is 15.0. The lowest BCUT2D eigenvalue weighted by molar-refractivity contribution is 0.100. The van der Waals surface area contributed by atoms with Crippen molar-refractivity contribution < 1.29 is 9.18 Å². The molecule has 0 atom stereocenters. The smallest absolute Gasteiger partial charge is 0.254 e. The number of nitrogens with zero attached hydrogens (tertiary/aromatic N) is 4. The van der Waals surface area contributed by atoms with Crippen LogP contribution in [0.1, 0.15) is 54.1 Å². The molecule has 1 aliphatic carbocycles. The maximum atomic E-state index is 14.1. The maximum absolute atomic E-state index is 14.1. The van der Waals surface area contributed by atoms with E-state index in [2.05, 4.69) is 25.7 Å². The molecule has 4 N–H and O–H groups in total. The van der Waals surface area contributed by atoms with E-state index in [0.717, 1.165) is 18.5 Å². The van der Waals surface area contributed by atoms with Crippen LogP contribution in [0.4, 0.5) is 21.8 Å². The third-order valence-electron chi connectivity index (χ3n) is 5.35. The highest BCUT2D eigenvalue weighted by molar-refractivity contribution is 6.31. The normalized spacial score (nSPS) is 14.4. The predicted octanol–water partition coefficient (Wildman–Crippen LogP) is 4.43. The molecule has 2 heterocycles. The molecule has 0 saturated heterocycles. The summed E-state index contributed by atoms with van der Waals surface area (Å²) in [6.45, 7) is 0.0296. The van der Waals surface area contributed by atoms with Crippen molar-refractivity contribution in [2.24, 2.45) is 5.73 Å². The Morgan fingerprint density at radius 2 is 2.06 bits per heavy atom. The number of nitrogens with one attached hydrogen (secondary N) is 2. The summed E-state index contributed by atoms with van der Waals surface area (Å²) >= 11 is 6.08. The Hall–Kier alpha value is -3.20. The van der Waals surface area contributed by atoms with E-state index in [0.29, 0.717) is 6.04 Å². The van der Waals surface area contributed by atoms with Gasteiger partial charge in [0.2, 0.25) is 5.95 Å². The van der Waals surface area contributed by atoms with Crippen LogP contribution >= 0.6 is 11.6 Å². The number of carbonyl (C=O) groups is 1. The van der Waals surface area contributed by atoms with Gasteiger partial charge in [0.05, 0.1) is 23.5 Å². The van der Waals surface area contributed by atoms with Crippen molar-refractivity contribution in [1.29, 1.82) is 0 Å². The van der Waals surface area contributed by atoms with E-state index in [1.165, 1.54) is 37.6 Å². The molecule has 4 rings (SSSR count). The zero-order chi connectivity index (χ0) is 21.8. The van der Waals surface area contributed by atoms with Crippen molar-refractivity contribution >= 4 is 35.0 Å². The van der Waals surface area contributed by atoms with Gasteiger partial charge in [-0.15, -0.1) is 0 Å². The Balaban J connectivity index is 1.51. The topological polar surface area (TPSA) is 111 Å². The molecule has 0 aliphatic heterocycles. The summed E-state index contributed by atoms with van der Waals surface area (Å²) in [5.41, 5.74) is 6.53. The first-order valence-corrected chi connectivity index (χ1v) is 10.5. The highest BCUT2D eigenvalue weighted by Gasteiger charge is 2.17. The lowest BCUT2D eigenvalue weighted by Crippen LogP contribution is -2.17. The Labute approximate surface area is 184 Å². The molecule has 31 heavy (non-hydrogen) atoms. The SMILES string of the molecule is NC(=O)c1cnc(Nc2cnn(C3CCCCC3)c2)nc1NCc1c(F)cccc1Cl. The quantitative estimate of drug-likeness (QED) is 0.498. The summed E-state index contributed by atoms with van der Waals surface area (Å²) < 4.78 is 16.0. The predicted molar refractivity (Wildman–Crippen MR) is 117 cm³/mol. The maximum Gasteiger partial charge on any atom is 0.254 e. The average molecular weight is 444 g/mol. The van der Waals surface area contributed by atoms with Gasteiger partial charge in [0, 0.05) is 29.5 Å². The number of hydrogen-bond acceptors (Lipinski definition) is 6. The fourth-order valence-corrected chi connectivity index (χ4v) is 3.94. The molecule has 10 heteroatoms. The highest BCUT2D eigenvalue weighted by Crippen LogP contribution is 2.29. The molecule has 162 valence electrons. The number of carbonyl (C=O) groups excluding carboxylic acids is 1. The van der Waals surface area contributed by atoms with Crippen LogP contribution in [0.15, 0.2) is 36.8 Å². The van der Waals surface area contributed by atoms with Crippen molar-refractivity contribution in [3.8, 4) is 0 Å². The number of hydrogen-bond donors (Lipinski definition) is 3. The lowest BCUT2D eigenvalue weighted by atomic mass is 9.96. The first kappa shape index (κ1) is 21.0. The number of nitrogens with two attached hydrogens (primary N) is 1. The van der Waals surface area contributed by atoms with Gasteiger partial charge in [0.1, 0.15) is 11.6 Å². The molecule has 2 aromatic heterocycles. The fraction of sp³-hybridized carbons (Fsp3) is 0.333. The largest absolute Gasteiger partial charge is 0.365 e. The van der Waals surface area contributed by atoms with Gasteiger partial charge in [-0.05, 0) is 25.0 Å². The summed E-state index contributed by atoms with van der Waals surface area (Å²) in [6, 6.07) is 4.84.